The molecule has 2 aromatic rings. The molecule has 1 aromatic carbocycles. The van der Waals surface area contributed by atoms with Crippen LogP contribution in [0, 0.1) is 0 Å². The van der Waals surface area contributed by atoms with E-state index in [4.69, 9.17) is 5.73 Å². The molecule has 0 bridgehead atoms. The summed E-state index contributed by atoms with van der Waals surface area (Å²) in [5, 5.41) is 0. The van der Waals surface area contributed by atoms with E-state index in [1.807, 2.05) is 24.3 Å². The Morgan fingerprint density at radius 1 is 1.29 bits per heavy atom. The van der Waals surface area contributed by atoms with Gasteiger partial charge >= 0.3 is 0 Å². The van der Waals surface area contributed by atoms with E-state index in [0.717, 1.165) is 21.4 Å². The van der Waals surface area contributed by atoms with Crippen molar-refractivity contribution in [1.29, 1.82) is 0 Å². The number of hydrogen-bond acceptors (Lipinski definition) is 2. The Morgan fingerprint density at radius 2 is 2.00 bits per heavy atom. The predicted octanol–water partition coefficient (Wildman–Crippen LogP) is 2.30. The largest absolute Gasteiger partial charge is 0.347 e. The van der Waals surface area contributed by atoms with Gasteiger partial charge in [-0.3, -0.25) is 0 Å². The van der Waals surface area contributed by atoms with Crippen molar-refractivity contribution in [3.63, 3.8) is 0 Å². The van der Waals surface area contributed by atoms with Crippen LogP contribution in [-0.2, 0) is 6.54 Å². The second-order valence-corrected chi connectivity index (χ2v) is 3.86. The Kier molecular flexibility index (Phi) is 2.65. The maximum atomic E-state index is 5.58. The summed E-state index contributed by atoms with van der Waals surface area (Å²) in [6, 6.07) is 8.01. The van der Waals surface area contributed by atoms with Gasteiger partial charge in [-0.2, -0.15) is 0 Å². The molecule has 3 nitrogen and oxygen atoms in total. The molecular formula is C10H10BrN3. The average Bonchev–Trinajstić information content (AvgIpc) is 2.67. The van der Waals surface area contributed by atoms with Crippen LogP contribution in [0.15, 0.2) is 35.1 Å². The lowest BCUT2D eigenvalue weighted by molar-refractivity contribution is 1.01. The number of imidazole rings is 1. The van der Waals surface area contributed by atoms with Crippen LogP contribution in [-0.4, -0.2) is 9.97 Å². The second kappa shape index (κ2) is 3.94. The van der Waals surface area contributed by atoms with Gasteiger partial charge in [-0.1, -0.05) is 28.1 Å². The van der Waals surface area contributed by atoms with Crippen molar-refractivity contribution in [3.05, 3.63) is 40.8 Å². The number of H-pyrrole nitrogens is 1. The third-order valence-electron chi connectivity index (χ3n) is 2.04. The van der Waals surface area contributed by atoms with E-state index >= 15 is 0 Å². The summed E-state index contributed by atoms with van der Waals surface area (Å²) in [4.78, 5) is 7.26. The van der Waals surface area contributed by atoms with Gasteiger partial charge in [0.2, 0.25) is 0 Å². The summed E-state index contributed by atoms with van der Waals surface area (Å²) < 4.78 is 1.06. The minimum atomic E-state index is 0.478. The number of rotatable bonds is 2. The number of nitrogens with one attached hydrogen (secondary N) is 1. The van der Waals surface area contributed by atoms with E-state index in [0.29, 0.717) is 6.54 Å². The number of aromatic nitrogens is 2. The zero-order chi connectivity index (χ0) is 9.97. The van der Waals surface area contributed by atoms with Crippen molar-refractivity contribution in [2.24, 2.45) is 5.73 Å². The van der Waals surface area contributed by atoms with Gasteiger partial charge in [0, 0.05) is 16.6 Å². The summed E-state index contributed by atoms with van der Waals surface area (Å²) in [6.45, 7) is 0.478. The molecule has 0 spiro atoms. The second-order valence-electron chi connectivity index (χ2n) is 2.94. The van der Waals surface area contributed by atoms with Gasteiger partial charge in [-0.05, 0) is 12.1 Å². The van der Waals surface area contributed by atoms with Crippen LogP contribution in [0.1, 0.15) is 5.69 Å². The summed E-state index contributed by atoms with van der Waals surface area (Å²) in [6.07, 6.45) is 1.67. The van der Waals surface area contributed by atoms with Gasteiger partial charge in [-0.25, -0.2) is 4.98 Å². The van der Waals surface area contributed by atoms with E-state index < -0.39 is 0 Å². The average molecular weight is 252 g/mol. The first kappa shape index (κ1) is 9.43. The maximum absolute atomic E-state index is 5.58. The van der Waals surface area contributed by atoms with Gasteiger partial charge in [0.05, 0.1) is 17.7 Å². The first-order valence-corrected chi connectivity index (χ1v) is 5.09. The number of nitrogens with zero attached hydrogens (tertiary/aromatic N) is 1. The van der Waals surface area contributed by atoms with Crippen LogP contribution in [0.2, 0.25) is 0 Å². The van der Waals surface area contributed by atoms with Crippen molar-refractivity contribution >= 4 is 15.9 Å². The first-order valence-electron chi connectivity index (χ1n) is 4.29. The minimum absolute atomic E-state index is 0.478. The Labute approximate surface area is 90.5 Å². The van der Waals surface area contributed by atoms with Gasteiger partial charge in [0.15, 0.2) is 0 Å². The fraction of sp³-hybridized carbons (Fsp3) is 0.100. The molecule has 0 amide bonds. The molecule has 0 saturated carbocycles. The lowest BCUT2D eigenvalue weighted by Gasteiger charge is -2.00. The molecule has 2 rings (SSSR count). The fourth-order valence-electron chi connectivity index (χ4n) is 1.33. The quantitative estimate of drug-likeness (QED) is 0.861. The Balaban J connectivity index is 2.44. The smallest absolute Gasteiger partial charge is 0.0929 e. The number of benzene rings is 1. The number of aromatic amines is 1. The van der Waals surface area contributed by atoms with Crippen LogP contribution < -0.4 is 5.73 Å². The molecular weight excluding hydrogens is 242 g/mol. The zero-order valence-corrected chi connectivity index (χ0v) is 9.08. The van der Waals surface area contributed by atoms with E-state index in [1.165, 1.54) is 0 Å². The van der Waals surface area contributed by atoms with Crippen LogP contribution >= 0.6 is 15.9 Å². The third kappa shape index (κ3) is 1.71. The van der Waals surface area contributed by atoms with Crippen molar-refractivity contribution in [1.82, 2.24) is 9.97 Å². The molecule has 3 N–H and O–H groups in total. The van der Waals surface area contributed by atoms with Crippen LogP contribution in [0.5, 0.6) is 0 Å². The van der Waals surface area contributed by atoms with Gasteiger partial charge in [0.1, 0.15) is 0 Å². The van der Waals surface area contributed by atoms with E-state index in [1.54, 1.807) is 6.33 Å². The summed E-state index contributed by atoms with van der Waals surface area (Å²) in [5.74, 6) is 0. The molecule has 0 fully saturated rings. The predicted molar refractivity (Wildman–Crippen MR) is 59.6 cm³/mol. The molecule has 1 aromatic heterocycles. The zero-order valence-electron chi connectivity index (χ0n) is 7.50. The molecule has 0 aliphatic rings. The highest BCUT2D eigenvalue weighted by atomic mass is 79.9. The standard InChI is InChI=1S/C10H10BrN3/c11-8-3-1-7(2-4-8)10-9(5-12)13-6-14-10/h1-4,6H,5,12H2,(H,13,14). The van der Waals surface area contributed by atoms with Crippen molar-refractivity contribution < 1.29 is 0 Å². The molecule has 0 atom stereocenters. The van der Waals surface area contributed by atoms with Crippen LogP contribution in [0.25, 0.3) is 11.3 Å². The summed E-state index contributed by atoms with van der Waals surface area (Å²) in [5.41, 5.74) is 8.56. The SMILES string of the molecule is NCc1[nH]cnc1-c1ccc(Br)cc1. The van der Waals surface area contributed by atoms with Crippen molar-refractivity contribution in [2.75, 3.05) is 0 Å². The highest BCUT2D eigenvalue weighted by molar-refractivity contribution is 9.10. The van der Waals surface area contributed by atoms with E-state index in [9.17, 15) is 0 Å². The van der Waals surface area contributed by atoms with Gasteiger partial charge in [-0.15, -0.1) is 0 Å². The van der Waals surface area contributed by atoms with Gasteiger partial charge in [0.25, 0.3) is 0 Å². The number of hydrogen-bond donors (Lipinski definition) is 2. The maximum Gasteiger partial charge on any atom is 0.0929 e. The molecule has 4 heteroatoms. The van der Waals surface area contributed by atoms with Crippen LogP contribution in [0.3, 0.4) is 0 Å². The molecule has 72 valence electrons. The molecule has 1 heterocycles. The molecule has 0 unspecified atom stereocenters. The highest BCUT2D eigenvalue weighted by Gasteiger charge is 2.05. The van der Waals surface area contributed by atoms with Crippen LogP contribution in [0.4, 0.5) is 0 Å². The normalized spacial score (nSPS) is 10.4. The molecule has 0 aliphatic carbocycles. The summed E-state index contributed by atoms with van der Waals surface area (Å²) >= 11 is 3.39. The van der Waals surface area contributed by atoms with Crippen molar-refractivity contribution in [2.45, 2.75) is 6.54 Å². The fourth-order valence-corrected chi connectivity index (χ4v) is 1.60. The van der Waals surface area contributed by atoms with Gasteiger partial charge < -0.3 is 10.7 Å². The lowest BCUT2D eigenvalue weighted by atomic mass is 10.1. The van der Waals surface area contributed by atoms with E-state index in [-0.39, 0.29) is 0 Å². The molecule has 0 saturated heterocycles. The van der Waals surface area contributed by atoms with E-state index in [2.05, 4.69) is 25.9 Å². The first-order chi connectivity index (χ1) is 6.81. The third-order valence-corrected chi connectivity index (χ3v) is 2.57. The minimum Gasteiger partial charge on any atom is -0.347 e. The Hall–Kier alpha value is -1.13. The Bertz CT molecular complexity index is 419. The molecule has 0 radical (unpaired) electrons. The molecule has 0 aliphatic heterocycles. The highest BCUT2D eigenvalue weighted by Crippen LogP contribution is 2.21. The topological polar surface area (TPSA) is 54.7 Å². The van der Waals surface area contributed by atoms with Crippen molar-refractivity contribution in [3.8, 4) is 11.3 Å². The lowest BCUT2D eigenvalue weighted by Crippen LogP contribution is -1.98. The number of halogens is 1. The summed E-state index contributed by atoms with van der Waals surface area (Å²) in [7, 11) is 0. The Morgan fingerprint density at radius 3 is 2.64 bits per heavy atom. The molecule has 14 heavy (non-hydrogen) atoms. The number of nitrogens with two attached hydrogens (primary N) is 1. The monoisotopic (exact) mass is 251 g/mol.